The molecule has 0 aromatic heterocycles. The van der Waals surface area contributed by atoms with Gasteiger partial charge in [-0.2, -0.15) is 0 Å². The van der Waals surface area contributed by atoms with Crippen molar-refractivity contribution in [1.82, 2.24) is 10.6 Å². The zero-order valence-corrected chi connectivity index (χ0v) is 21.7. The number of hydrogen-bond donors (Lipinski definition) is 3. The minimum atomic E-state index is -1.04. The summed E-state index contributed by atoms with van der Waals surface area (Å²) in [7, 11) is 1.53. The summed E-state index contributed by atoms with van der Waals surface area (Å²) in [6.45, 7) is 2.73. The van der Waals surface area contributed by atoms with Crippen LogP contribution < -0.4 is 15.4 Å². The molecule has 3 aromatic rings. The quantitative estimate of drug-likeness (QED) is 0.273. The number of aryl methyl sites for hydroxylation is 1. The number of aliphatic hydroxyl groups excluding tert-OH is 1. The van der Waals surface area contributed by atoms with Gasteiger partial charge in [0.2, 0.25) is 5.91 Å². The van der Waals surface area contributed by atoms with E-state index in [-0.39, 0.29) is 31.6 Å². The third-order valence-electron chi connectivity index (χ3n) is 6.26. The molecule has 0 spiro atoms. The van der Waals surface area contributed by atoms with Gasteiger partial charge in [-0.15, -0.1) is 0 Å². The van der Waals surface area contributed by atoms with Crippen molar-refractivity contribution in [3.05, 3.63) is 101 Å². The number of rotatable bonds is 14. The minimum absolute atomic E-state index is 0.0149. The molecule has 6 nitrogen and oxygen atoms in total. The van der Waals surface area contributed by atoms with Gasteiger partial charge in [0.05, 0.1) is 19.3 Å². The molecule has 0 fully saturated rings. The van der Waals surface area contributed by atoms with Gasteiger partial charge < -0.3 is 20.5 Å². The molecule has 38 heavy (non-hydrogen) atoms. The van der Waals surface area contributed by atoms with Crippen molar-refractivity contribution in [2.45, 2.75) is 51.3 Å². The van der Waals surface area contributed by atoms with Crippen LogP contribution in [0.5, 0.6) is 5.75 Å². The third kappa shape index (κ3) is 9.04. The highest BCUT2D eigenvalue weighted by Gasteiger charge is 2.23. The number of Topliss-reactive ketones (excluding diaryl/α,β-unsaturated/α-hetero) is 1. The van der Waals surface area contributed by atoms with E-state index in [0.29, 0.717) is 23.4 Å². The normalized spacial score (nSPS) is 12.6. The molecule has 8 heteroatoms. The summed E-state index contributed by atoms with van der Waals surface area (Å²) in [5, 5.41) is 16.8. The first kappa shape index (κ1) is 28.9. The lowest BCUT2D eigenvalue weighted by Gasteiger charge is -2.25. The molecular formula is C30H34F2N2O4. The second-order valence-electron chi connectivity index (χ2n) is 9.18. The van der Waals surface area contributed by atoms with Crippen LogP contribution in [-0.2, 0) is 24.2 Å². The van der Waals surface area contributed by atoms with Gasteiger partial charge in [-0.25, -0.2) is 8.78 Å². The Labute approximate surface area is 222 Å². The van der Waals surface area contributed by atoms with E-state index in [2.05, 4.69) is 23.6 Å². The Morgan fingerprint density at radius 3 is 2.26 bits per heavy atom. The number of nitrogens with one attached hydrogen (secondary N) is 2. The molecule has 1 amide bonds. The Morgan fingerprint density at radius 2 is 1.61 bits per heavy atom. The highest BCUT2D eigenvalue weighted by Crippen LogP contribution is 2.15. The van der Waals surface area contributed by atoms with E-state index in [9.17, 15) is 23.5 Å². The molecule has 0 unspecified atom stereocenters. The SMILES string of the molecule is CCc1cccc(CNC[C@H](O)[C@H](Cc2cc(F)cc(F)c2)NC(=O)CCC(=O)c2ccc(OC)cc2)c1. The zero-order chi connectivity index (χ0) is 27.5. The second-order valence-corrected chi connectivity index (χ2v) is 9.18. The summed E-state index contributed by atoms with van der Waals surface area (Å²) in [6, 6.07) is 17.0. The maximum Gasteiger partial charge on any atom is 0.220 e. The molecule has 3 rings (SSSR count). The molecule has 0 heterocycles. The lowest BCUT2D eigenvalue weighted by molar-refractivity contribution is -0.122. The Morgan fingerprint density at radius 1 is 0.921 bits per heavy atom. The van der Waals surface area contributed by atoms with E-state index in [4.69, 9.17) is 4.74 Å². The van der Waals surface area contributed by atoms with Crippen LogP contribution in [0.4, 0.5) is 8.78 Å². The molecule has 0 aliphatic carbocycles. The maximum absolute atomic E-state index is 13.8. The van der Waals surface area contributed by atoms with Gasteiger partial charge >= 0.3 is 0 Å². The summed E-state index contributed by atoms with van der Waals surface area (Å²) in [6.07, 6.45) is -0.238. The Hall–Kier alpha value is -3.62. The second kappa shape index (κ2) is 14.4. The fraction of sp³-hybridized carbons (Fsp3) is 0.333. The number of hydrogen-bond acceptors (Lipinski definition) is 5. The fourth-order valence-electron chi connectivity index (χ4n) is 4.16. The molecule has 3 N–H and O–H groups in total. The molecule has 0 aliphatic heterocycles. The van der Waals surface area contributed by atoms with Gasteiger partial charge in [-0.1, -0.05) is 31.2 Å². The van der Waals surface area contributed by atoms with E-state index in [1.54, 1.807) is 24.3 Å². The summed E-state index contributed by atoms with van der Waals surface area (Å²) in [5.41, 5.74) is 3.02. The monoisotopic (exact) mass is 524 g/mol. The largest absolute Gasteiger partial charge is 0.497 e. The molecular weight excluding hydrogens is 490 g/mol. The molecule has 2 atom stereocenters. The van der Waals surface area contributed by atoms with Crippen molar-refractivity contribution in [2.24, 2.45) is 0 Å². The topological polar surface area (TPSA) is 87.7 Å². The molecule has 0 saturated carbocycles. The van der Waals surface area contributed by atoms with E-state index in [1.807, 2.05) is 18.2 Å². The number of halogens is 2. The van der Waals surface area contributed by atoms with Crippen molar-refractivity contribution < 1.29 is 28.2 Å². The van der Waals surface area contributed by atoms with Gasteiger partial charge in [0, 0.05) is 37.6 Å². The number of carbonyl (C=O) groups is 2. The Bertz CT molecular complexity index is 1200. The molecule has 0 saturated heterocycles. The van der Waals surface area contributed by atoms with Crippen LogP contribution in [0.15, 0.2) is 66.7 Å². The first-order valence-electron chi connectivity index (χ1n) is 12.7. The minimum Gasteiger partial charge on any atom is -0.497 e. The predicted molar refractivity (Wildman–Crippen MR) is 142 cm³/mol. The van der Waals surface area contributed by atoms with Crippen LogP contribution in [0, 0.1) is 11.6 Å². The van der Waals surface area contributed by atoms with Crippen LogP contribution in [0.2, 0.25) is 0 Å². The van der Waals surface area contributed by atoms with E-state index < -0.39 is 29.7 Å². The van der Waals surface area contributed by atoms with Crippen LogP contribution in [0.25, 0.3) is 0 Å². The molecule has 3 aromatic carbocycles. The molecule has 0 bridgehead atoms. The fourth-order valence-corrected chi connectivity index (χ4v) is 4.16. The highest BCUT2D eigenvalue weighted by molar-refractivity contribution is 5.98. The van der Waals surface area contributed by atoms with Crippen LogP contribution >= 0.6 is 0 Å². The number of ether oxygens (including phenoxy) is 1. The van der Waals surface area contributed by atoms with Crippen molar-refractivity contribution in [3.8, 4) is 5.75 Å². The number of ketones is 1. The molecule has 202 valence electrons. The summed E-state index contributed by atoms with van der Waals surface area (Å²) in [5.74, 6) is -1.50. The maximum atomic E-state index is 13.8. The van der Waals surface area contributed by atoms with Crippen molar-refractivity contribution in [3.63, 3.8) is 0 Å². The van der Waals surface area contributed by atoms with Crippen LogP contribution in [-0.4, -0.2) is 42.6 Å². The van der Waals surface area contributed by atoms with Crippen molar-refractivity contribution in [1.29, 1.82) is 0 Å². The van der Waals surface area contributed by atoms with E-state index in [1.165, 1.54) is 24.8 Å². The number of methoxy groups -OCH3 is 1. The standard InChI is InChI=1S/C30H34F2N2O4/c1-3-20-5-4-6-21(13-20)18-33-19-29(36)27(16-22-14-24(31)17-25(32)15-22)34-30(37)12-11-28(35)23-7-9-26(38-2)10-8-23/h4-10,13-15,17,27,29,33,36H,3,11-12,16,18-19H2,1-2H3,(H,34,37)/t27-,29-/m0/s1. The van der Waals surface area contributed by atoms with Gasteiger partial charge in [-0.3, -0.25) is 9.59 Å². The highest BCUT2D eigenvalue weighted by atomic mass is 19.1. The van der Waals surface area contributed by atoms with E-state index >= 15 is 0 Å². The lowest BCUT2D eigenvalue weighted by atomic mass is 9.99. The Balaban J connectivity index is 1.61. The number of amides is 1. The van der Waals surface area contributed by atoms with Crippen LogP contribution in [0.1, 0.15) is 46.8 Å². The molecule has 0 aliphatic rings. The summed E-state index contributed by atoms with van der Waals surface area (Å²) in [4.78, 5) is 25.2. The number of carbonyl (C=O) groups excluding carboxylic acids is 2. The number of aliphatic hydroxyl groups is 1. The average molecular weight is 525 g/mol. The Kier molecular flexibility index (Phi) is 10.9. The third-order valence-corrected chi connectivity index (χ3v) is 6.26. The summed E-state index contributed by atoms with van der Waals surface area (Å²) < 4.78 is 32.6. The first-order chi connectivity index (χ1) is 18.3. The van der Waals surface area contributed by atoms with Gasteiger partial charge in [0.25, 0.3) is 0 Å². The number of benzene rings is 3. The first-order valence-corrected chi connectivity index (χ1v) is 12.7. The van der Waals surface area contributed by atoms with Gasteiger partial charge in [0.1, 0.15) is 17.4 Å². The average Bonchev–Trinajstić information content (AvgIpc) is 2.91. The van der Waals surface area contributed by atoms with Gasteiger partial charge in [0.15, 0.2) is 5.78 Å². The van der Waals surface area contributed by atoms with E-state index in [0.717, 1.165) is 18.1 Å². The zero-order valence-electron chi connectivity index (χ0n) is 21.7. The summed E-state index contributed by atoms with van der Waals surface area (Å²) >= 11 is 0. The smallest absolute Gasteiger partial charge is 0.220 e. The van der Waals surface area contributed by atoms with Gasteiger partial charge in [-0.05, 0) is 65.9 Å². The lowest BCUT2D eigenvalue weighted by Crippen LogP contribution is -2.48. The molecule has 0 radical (unpaired) electrons. The van der Waals surface area contributed by atoms with Crippen LogP contribution in [0.3, 0.4) is 0 Å². The van der Waals surface area contributed by atoms with Crippen molar-refractivity contribution >= 4 is 11.7 Å². The van der Waals surface area contributed by atoms with Crippen molar-refractivity contribution in [2.75, 3.05) is 13.7 Å². The predicted octanol–water partition coefficient (Wildman–Crippen LogP) is 4.38.